The monoisotopic (exact) mass is 430 g/mol. The quantitative estimate of drug-likeness (QED) is 0.706. The lowest BCUT2D eigenvalue weighted by Gasteiger charge is -2.28. The normalized spacial score (nSPS) is 13.9. The van der Waals surface area contributed by atoms with Gasteiger partial charge in [0.05, 0.1) is 37.0 Å². The lowest BCUT2D eigenvalue weighted by Crippen LogP contribution is -2.36. The molecule has 0 aromatic heterocycles. The Labute approximate surface area is 181 Å². The first-order chi connectivity index (χ1) is 14.4. The van der Waals surface area contributed by atoms with Crippen LogP contribution in [0.4, 0.5) is 17.1 Å². The highest BCUT2D eigenvalue weighted by atomic mass is 35.5. The van der Waals surface area contributed by atoms with Crippen LogP contribution in [-0.2, 0) is 14.3 Å². The number of benzene rings is 2. The summed E-state index contributed by atoms with van der Waals surface area (Å²) in [5, 5.41) is 6.13. The van der Waals surface area contributed by atoms with E-state index in [1.807, 2.05) is 37.3 Å². The first-order valence-corrected chi connectivity index (χ1v) is 10.3. The number of nitrogens with zero attached hydrogens (tertiary/aromatic N) is 2. The topological polar surface area (TPSA) is 73.9 Å². The Morgan fingerprint density at radius 3 is 2.30 bits per heavy atom. The number of amides is 2. The van der Waals surface area contributed by atoms with Crippen LogP contribution in [0.2, 0.25) is 5.02 Å². The highest BCUT2D eigenvalue weighted by Gasteiger charge is 2.14. The zero-order chi connectivity index (χ0) is 21.5. The molecule has 0 aliphatic carbocycles. The molecule has 1 aliphatic rings. The average molecular weight is 431 g/mol. The zero-order valence-electron chi connectivity index (χ0n) is 17.3. The second-order valence-corrected chi connectivity index (χ2v) is 7.81. The van der Waals surface area contributed by atoms with E-state index in [0.717, 1.165) is 43.2 Å². The second-order valence-electron chi connectivity index (χ2n) is 7.40. The summed E-state index contributed by atoms with van der Waals surface area (Å²) in [4.78, 5) is 28.4. The largest absolute Gasteiger partial charge is 0.378 e. The van der Waals surface area contributed by atoms with E-state index in [-0.39, 0.29) is 24.9 Å². The summed E-state index contributed by atoms with van der Waals surface area (Å²) in [7, 11) is 1.72. The number of hydrogen-bond acceptors (Lipinski definition) is 5. The Hall–Kier alpha value is -2.61. The van der Waals surface area contributed by atoms with E-state index in [0.29, 0.717) is 10.7 Å². The smallest absolute Gasteiger partial charge is 0.238 e. The molecule has 0 radical (unpaired) electrons. The number of rotatable bonds is 7. The van der Waals surface area contributed by atoms with Crippen LogP contribution in [0.1, 0.15) is 5.56 Å². The number of likely N-dealkylation sites (N-methyl/N-ethyl adjacent to an activating group) is 1. The molecule has 7 nitrogen and oxygen atoms in total. The van der Waals surface area contributed by atoms with Crippen LogP contribution < -0.4 is 15.5 Å². The molecule has 0 spiro atoms. The SMILES string of the molecule is Cc1ccc(NC(=O)CN(C)CC(=O)Nc2ccc(N3CCOCC3)cc2)c(Cl)c1. The number of aryl methyl sites for hydroxylation is 1. The minimum Gasteiger partial charge on any atom is -0.378 e. The summed E-state index contributed by atoms with van der Waals surface area (Å²) in [6, 6.07) is 13.2. The number of carbonyl (C=O) groups is 2. The molecule has 0 atom stereocenters. The van der Waals surface area contributed by atoms with Gasteiger partial charge in [0.1, 0.15) is 0 Å². The van der Waals surface area contributed by atoms with Gasteiger partial charge in [0, 0.05) is 24.5 Å². The average Bonchev–Trinajstić information content (AvgIpc) is 2.71. The number of ether oxygens (including phenoxy) is 1. The van der Waals surface area contributed by atoms with Crippen LogP contribution in [0.5, 0.6) is 0 Å². The van der Waals surface area contributed by atoms with Gasteiger partial charge < -0.3 is 20.3 Å². The summed E-state index contributed by atoms with van der Waals surface area (Å²) in [5.41, 5.74) is 3.41. The van der Waals surface area contributed by atoms with Crippen LogP contribution in [0.25, 0.3) is 0 Å². The highest BCUT2D eigenvalue weighted by molar-refractivity contribution is 6.33. The number of hydrogen-bond donors (Lipinski definition) is 2. The molecule has 1 saturated heterocycles. The van der Waals surface area contributed by atoms with Crippen molar-refractivity contribution in [1.82, 2.24) is 4.90 Å². The zero-order valence-corrected chi connectivity index (χ0v) is 18.0. The molecule has 2 N–H and O–H groups in total. The maximum atomic E-state index is 12.3. The van der Waals surface area contributed by atoms with Crippen molar-refractivity contribution in [2.45, 2.75) is 6.92 Å². The van der Waals surface area contributed by atoms with Gasteiger partial charge >= 0.3 is 0 Å². The fraction of sp³-hybridized carbons (Fsp3) is 0.364. The van der Waals surface area contributed by atoms with Crippen LogP contribution in [0.3, 0.4) is 0 Å². The third kappa shape index (κ3) is 6.45. The minimum absolute atomic E-state index is 0.0770. The van der Waals surface area contributed by atoms with E-state index in [1.54, 1.807) is 24.1 Å². The van der Waals surface area contributed by atoms with Crippen molar-refractivity contribution in [3.05, 3.63) is 53.1 Å². The summed E-state index contributed by atoms with van der Waals surface area (Å²) < 4.78 is 5.37. The van der Waals surface area contributed by atoms with E-state index in [2.05, 4.69) is 15.5 Å². The number of nitrogens with one attached hydrogen (secondary N) is 2. The van der Waals surface area contributed by atoms with Gasteiger partial charge in [-0.3, -0.25) is 14.5 Å². The molecular weight excluding hydrogens is 404 g/mol. The van der Waals surface area contributed by atoms with Crippen molar-refractivity contribution >= 4 is 40.5 Å². The molecule has 0 unspecified atom stereocenters. The van der Waals surface area contributed by atoms with Gasteiger partial charge in [-0.25, -0.2) is 0 Å². The molecule has 2 aromatic rings. The third-order valence-corrected chi connectivity index (χ3v) is 5.07. The standard InChI is InChI=1S/C22H27ClN4O3/c1-16-3-8-20(19(23)13-16)25-22(29)15-26(2)14-21(28)24-17-4-6-18(7-5-17)27-9-11-30-12-10-27/h3-8,13H,9-12,14-15H2,1-2H3,(H,24,28)(H,25,29). The second kappa shape index (κ2) is 10.4. The summed E-state index contributed by atoms with van der Waals surface area (Å²) in [6.07, 6.45) is 0. The maximum Gasteiger partial charge on any atom is 0.238 e. The van der Waals surface area contributed by atoms with E-state index in [9.17, 15) is 9.59 Å². The molecule has 1 heterocycles. The molecule has 3 rings (SSSR count). The van der Waals surface area contributed by atoms with Gasteiger partial charge in [0.15, 0.2) is 0 Å². The maximum absolute atomic E-state index is 12.3. The molecular formula is C22H27ClN4O3. The van der Waals surface area contributed by atoms with Gasteiger partial charge in [-0.05, 0) is 55.9 Å². The molecule has 30 heavy (non-hydrogen) atoms. The van der Waals surface area contributed by atoms with Gasteiger partial charge in [-0.2, -0.15) is 0 Å². The molecule has 0 bridgehead atoms. The molecule has 1 aliphatic heterocycles. The number of morpholine rings is 1. The Bertz CT molecular complexity index is 882. The van der Waals surface area contributed by atoms with E-state index in [1.165, 1.54) is 0 Å². The van der Waals surface area contributed by atoms with Crippen molar-refractivity contribution in [2.24, 2.45) is 0 Å². The predicted octanol–water partition coefficient (Wildman–Crippen LogP) is 2.99. The van der Waals surface area contributed by atoms with Crippen molar-refractivity contribution in [3.8, 4) is 0 Å². The van der Waals surface area contributed by atoms with Gasteiger partial charge in [-0.1, -0.05) is 17.7 Å². The number of carbonyl (C=O) groups excluding carboxylic acids is 2. The van der Waals surface area contributed by atoms with E-state index in [4.69, 9.17) is 16.3 Å². The Balaban J connectivity index is 1.45. The lowest BCUT2D eigenvalue weighted by molar-refractivity contribution is -0.119. The fourth-order valence-corrected chi connectivity index (χ4v) is 3.52. The number of halogens is 1. The Morgan fingerprint density at radius 2 is 1.67 bits per heavy atom. The molecule has 1 fully saturated rings. The van der Waals surface area contributed by atoms with Crippen LogP contribution >= 0.6 is 11.6 Å². The van der Waals surface area contributed by atoms with Crippen LogP contribution in [0, 0.1) is 6.92 Å². The summed E-state index contributed by atoms with van der Waals surface area (Å²) in [6.45, 7) is 5.30. The van der Waals surface area contributed by atoms with Gasteiger partial charge in [0.25, 0.3) is 0 Å². The fourth-order valence-electron chi connectivity index (χ4n) is 3.24. The van der Waals surface area contributed by atoms with Crippen molar-refractivity contribution in [3.63, 3.8) is 0 Å². The van der Waals surface area contributed by atoms with Gasteiger partial charge in [-0.15, -0.1) is 0 Å². The Kier molecular flexibility index (Phi) is 7.68. The molecule has 160 valence electrons. The molecule has 8 heteroatoms. The van der Waals surface area contributed by atoms with E-state index >= 15 is 0 Å². The van der Waals surface area contributed by atoms with Crippen molar-refractivity contribution in [1.29, 1.82) is 0 Å². The minimum atomic E-state index is -0.231. The first kappa shape index (κ1) is 22.1. The number of anilines is 3. The van der Waals surface area contributed by atoms with Crippen LogP contribution in [0.15, 0.2) is 42.5 Å². The molecule has 2 aromatic carbocycles. The van der Waals surface area contributed by atoms with Crippen molar-refractivity contribution in [2.75, 3.05) is 62.0 Å². The van der Waals surface area contributed by atoms with Crippen molar-refractivity contribution < 1.29 is 14.3 Å². The highest BCUT2D eigenvalue weighted by Crippen LogP contribution is 2.22. The van der Waals surface area contributed by atoms with E-state index < -0.39 is 0 Å². The Morgan fingerprint density at radius 1 is 1.03 bits per heavy atom. The van der Waals surface area contributed by atoms with Crippen LogP contribution in [-0.4, -0.2) is 63.2 Å². The third-order valence-electron chi connectivity index (χ3n) is 4.75. The molecule has 2 amide bonds. The lowest BCUT2D eigenvalue weighted by atomic mass is 10.2. The summed E-state index contributed by atoms with van der Waals surface area (Å²) in [5.74, 6) is -0.413. The predicted molar refractivity (Wildman–Crippen MR) is 120 cm³/mol. The first-order valence-electron chi connectivity index (χ1n) is 9.88. The summed E-state index contributed by atoms with van der Waals surface area (Å²) >= 11 is 6.14. The molecule has 0 saturated carbocycles. The van der Waals surface area contributed by atoms with Gasteiger partial charge in [0.2, 0.25) is 11.8 Å².